The van der Waals surface area contributed by atoms with Crippen LogP contribution in [0.25, 0.3) is 0 Å². The molecule has 25 heavy (non-hydrogen) atoms. The standard InChI is InChI=1S/C19H24N4O2/c1-22-14-11-20-17(18(22)24)21-19(25)23-12-9-16(10-13-23)8-7-15-5-3-2-4-6-15/h2-6,11,14,16H,7-10,12-13H2,1H3,(H,20,21,25). The van der Waals surface area contributed by atoms with Gasteiger partial charge >= 0.3 is 6.03 Å². The lowest BCUT2D eigenvalue weighted by molar-refractivity contribution is 0.180. The first-order chi connectivity index (χ1) is 12.1. The third kappa shape index (κ3) is 4.47. The molecule has 1 saturated heterocycles. The van der Waals surface area contributed by atoms with E-state index in [1.54, 1.807) is 18.1 Å². The van der Waals surface area contributed by atoms with Gasteiger partial charge in [-0.15, -0.1) is 0 Å². The van der Waals surface area contributed by atoms with Crippen LogP contribution in [-0.2, 0) is 13.5 Å². The summed E-state index contributed by atoms with van der Waals surface area (Å²) in [5.74, 6) is 0.730. The summed E-state index contributed by atoms with van der Waals surface area (Å²) in [6, 6.07) is 10.3. The molecule has 1 N–H and O–H groups in total. The van der Waals surface area contributed by atoms with E-state index in [1.807, 2.05) is 6.07 Å². The summed E-state index contributed by atoms with van der Waals surface area (Å²) in [5, 5.41) is 2.64. The number of anilines is 1. The Hall–Kier alpha value is -2.63. The lowest BCUT2D eigenvalue weighted by Crippen LogP contribution is -2.42. The van der Waals surface area contributed by atoms with Gasteiger partial charge in [0.1, 0.15) is 0 Å². The average Bonchev–Trinajstić information content (AvgIpc) is 2.65. The van der Waals surface area contributed by atoms with E-state index in [4.69, 9.17) is 0 Å². The van der Waals surface area contributed by atoms with Crippen molar-refractivity contribution >= 4 is 11.8 Å². The lowest BCUT2D eigenvalue weighted by atomic mass is 9.91. The fourth-order valence-electron chi connectivity index (χ4n) is 3.20. The Bertz CT molecular complexity index is 764. The minimum Gasteiger partial charge on any atom is -0.324 e. The van der Waals surface area contributed by atoms with E-state index < -0.39 is 0 Å². The maximum Gasteiger partial charge on any atom is 0.323 e. The van der Waals surface area contributed by atoms with Crippen molar-refractivity contribution in [1.29, 1.82) is 0 Å². The molecule has 6 nitrogen and oxygen atoms in total. The number of hydrogen-bond donors (Lipinski definition) is 1. The summed E-state index contributed by atoms with van der Waals surface area (Å²) >= 11 is 0. The highest BCUT2D eigenvalue weighted by Gasteiger charge is 2.23. The minimum absolute atomic E-state index is 0.0844. The molecule has 6 heteroatoms. The normalized spacial score (nSPS) is 15.2. The highest BCUT2D eigenvalue weighted by Crippen LogP contribution is 2.22. The van der Waals surface area contributed by atoms with E-state index in [1.165, 1.54) is 16.3 Å². The molecule has 0 unspecified atom stereocenters. The van der Waals surface area contributed by atoms with Crippen LogP contribution in [0.1, 0.15) is 24.8 Å². The first-order valence-electron chi connectivity index (χ1n) is 8.75. The van der Waals surface area contributed by atoms with Crippen molar-refractivity contribution in [3.63, 3.8) is 0 Å². The van der Waals surface area contributed by atoms with Crippen LogP contribution in [0, 0.1) is 5.92 Å². The fraction of sp³-hybridized carbons (Fsp3) is 0.421. The zero-order valence-electron chi connectivity index (χ0n) is 14.5. The molecule has 1 fully saturated rings. The summed E-state index contributed by atoms with van der Waals surface area (Å²) in [6.07, 6.45) is 7.31. The quantitative estimate of drug-likeness (QED) is 0.930. The second kappa shape index (κ2) is 7.96. The second-order valence-electron chi connectivity index (χ2n) is 6.58. The molecule has 1 aromatic heterocycles. The van der Waals surface area contributed by atoms with Crippen molar-refractivity contribution < 1.29 is 4.79 Å². The van der Waals surface area contributed by atoms with Crippen molar-refractivity contribution in [3.05, 3.63) is 58.6 Å². The molecular formula is C19H24N4O2. The highest BCUT2D eigenvalue weighted by molar-refractivity contribution is 5.88. The Kier molecular flexibility index (Phi) is 5.48. The van der Waals surface area contributed by atoms with E-state index in [-0.39, 0.29) is 17.4 Å². The van der Waals surface area contributed by atoms with Crippen molar-refractivity contribution in [3.8, 4) is 0 Å². The predicted molar refractivity (Wildman–Crippen MR) is 97.6 cm³/mol. The van der Waals surface area contributed by atoms with Gasteiger partial charge in [0.15, 0.2) is 0 Å². The van der Waals surface area contributed by atoms with E-state index in [0.717, 1.165) is 38.8 Å². The largest absolute Gasteiger partial charge is 0.324 e. The number of hydrogen-bond acceptors (Lipinski definition) is 3. The number of carbonyl (C=O) groups is 1. The lowest BCUT2D eigenvalue weighted by Gasteiger charge is -2.31. The van der Waals surface area contributed by atoms with Gasteiger partial charge in [0.05, 0.1) is 0 Å². The topological polar surface area (TPSA) is 67.2 Å². The number of rotatable bonds is 4. The number of aromatic nitrogens is 2. The fourth-order valence-corrected chi connectivity index (χ4v) is 3.20. The number of nitrogens with one attached hydrogen (secondary N) is 1. The van der Waals surface area contributed by atoms with Gasteiger partial charge in [-0.05, 0) is 37.2 Å². The first-order valence-corrected chi connectivity index (χ1v) is 8.75. The van der Waals surface area contributed by atoms with Crippen LogP contribution in [0.15, 0.2) is 47.5 Å². The number of urea groups is 1. The Morgan fingerprint density at radius 1 is 1.24 bits per heavy atom. The smallest absolute Gasteiger partial charge is 0.323 e. The van der Waals surface area contributed by atoms with Gasteiger partial charge in [-0.25, -0.2) is 9.78 Å². The monoisotopic (exact) mass is 340 g/mol. The van der Waals surface area contributed by atoms with E-state index in [9.17, 15) is 9.59 Å². The molecule has 1 aliphatic rings. The molecule has 0 aliphatic carbocycles. The van der Waals surface area contributed by atoms with Crippen LogP contribution in [0.5, 0.6) is 0 Å². The molecule has 1 aliphatic heterocycles. The second-order valence-corrected chi connectivity index (χ2v) is 6.58. The van der Waals surface area contributed by atoms with E-state index in [0.29, 0.717) is 5.92 Å². The molecule has 0 spiro atoms. The Labute approximate surface area is 147 Å². The van der Waals surface area contributed by atoms with Crippen LogP contribution < -0.4 is 10.9 Å². The average molecular weight is 340 g/mol. The van der Waals surface area contributed by atoms with Crippen LogP contribution in [-0.4, -0.2) is 33.6 Å². The van der Waals surface area contributed by atoms with Gasteiger partial charge in [-0.1, -0.05) is 30.3 Å². The molecule has 0 saturated carbocycles. The van der Waals surface area contributed by atoms with Gasteiger partial charge < -0.3 is 9.47 Å². The zero-order chi connectivity index (χ0) is 17.6. The molecule has 0 radical (unpaired) electrons. The summed E-state index contributed by atoms with van der Waals surface area (Å²) in [5.41, 5.74) is 1.07. The van der Waals surface area contributed by atoms with Gasteiger partial charge in [0.2, 0.25) is 5.82 Å². The molecule has 3 rings (SSSR count). The maximum atomic E-state index is 12.3. The Morgan fingerprint density at radius 3 is 2.68 bits per heavy atom. The third-order valence-electron chi connectivity index (χ3n) is 4.83. The SMILES string of the molecule is Cn1ccnc(NC(=O)N2CCC(CCc3ccccc3)CC2)c1=O. The highest BCUT2D eigenvalue weighted by atomic mass is 16.2. The molecule has 2 aromatic rings. The van der Waals surface area contributed by atoms with Crippen LogP contribution in [0.2, 0.25) is 0 Å². The summed E-state index contributed by atoms with van der Waals surface area (Å²) < 4.78 is 1.40. The number of aryl methyl sites for hydroxylation is 2. The van der Waals surface area contributed by atoms with Crippen molar-refractivity contribution in [1.82, 2.24) is 14.5 Å². The molecular weight excluding hydrogens is 316 g/mol. The molecule has 1 aromatic carbocycles. The zero-order valence-corrected chi connectivity index (χ0v) is 14.5. The number of benzene rings is 1. The number of amides is 2. The van der Waals surface area contributed by atoms with Crippen molar-refractivity contribution in [2.24, 2.45) is 13.0 Å². The third-order valence-corrected chi connectivity index (χ3v) is 4.83. The molecule has 0 atom stereocenters. The van der Waals surface area contributed by atoms with Crippen LogP contribution in [0.4, 0.5) is 10.6 Å². The number of likely N-dealkylation sites (tertiary alicyclic amines) is 1. The molecule has 132 valence electrons. The Balaban J connectivity index is 1.47. The predicted octanol–water partition coefficient (Wildman–Crippen LogP) is 2.66. The maximum absolute atomic E-state index is 12.3. The molecule has 2 heterocycles. The first kappa shape index (κ1) is 17.2. The molecule has 2 amide bonds. The molecule has 0 bridgehead atoms. The van der Waals surface area contributed by atoms with Gasteiger partial charge in [-0.2, -0.15) is 0 Å². The van der Waals surface area contributed by atoms with Crippen molar-refractivity contribution in [2.75, 3.05) is 18.4 Å². The summed E-state index contributed by atoms with van der Waals surface area (Å²) in [4.78, 5) is 30.0. The van der Waals surface area contributed by atoms with Gasteiger partial charge in [-0.3, -0.25) is 10.1 Å². The summed E-state index contributed by atoms with van der Waals surface area (Å²) in [7, 11) is 1.64. The summed E-state index contributed by atoms with van der Waals surface area (Å²) in [6.45, 7) is 1.44. The Morgan fingerprint density at radius 2 is 1.96 bits per heavy atom. The van der Waals surface area contributed by atoms with Crippen LogP contribution in [0.3, 0.4) is 0 Å². The minimum atomic E-state index is -0.298. The van der Waals surface area contributed by atoms with E-state index >= 15 is 0 Å². The number of nitrogens with zero attached hydrogens (tertiary/aromatic N) is 3. The van der Waals surface area contributed by atoms with Crippen LogP contribution >= 0.6 is 0 Å². The number of carbonyl (C=O) groups excluding carboxylic acids is 1. The number of piperidine rings is 1. The van der Waals surface area contributed by atoms with Crippen molar-refractivity contribution in [2.45, 2.75) is 25.7 Å². The van der Waals surface area contributed by atoms with Gasteiger partial charge in [0.25, 0.3) is 5.56 Å². The van der Waals surface area contributed by atoms with E-state index in [2.05, 4.69) is 34.6 Å². The van der Waals surface area contributed by atoms with Gasteiger partial charge in [0, 0.05) is 32.5 Å².